The molecule has 2 rings (SSSR count). The van der Waals surface area contributed by atoms with Crippen molar-refractivity contribution in [2.45, 2.75) is 0 Å². The Balaban J connectivity index is 2.57. The first-order valence-corrected chi connectivity index (χ1v) is 3.86. The Morgan fingerprint density at radius 1 is 1.31 bits per heavy atom. The van der Waals surface area contributed by atoms with Crippen LogP contribution >= 0.6 is 0 Å². The molecule has 0 atom stereocenters. The zero-order valence-corrected chi connectivity index (χ0v) is 6.82. The quantitative estimate of drug-likeness (QED) is 0.651. The predicted molar refractivity (Wildman–Crippen MR) is 46.5 cm³/mol. The van der Waals surface area contributed by atoms with Gasteiger partial charge in [0.05, 0.1) is 5.56 Å². The summed E-state index contributed by atoms with van der Waals surface area (Å²) < 4.78 is 0. The Hall–Kier alpha value is -1.68. The second kappa shape index (κ2) is 2.67. The number of rotatable bonds is 1. The van der Waals surface area contributed by atoms with Gasteiger partial charge in [-0.05, 0) is 6.07 Å². The maximum atomic E-state index is 11.5. The topological polar surface area (TPSA) is 64.4 Å². The molecule has 66 valence electrons. The Morgan fingerprint density at radius 2 is 1.92 bits per heavy atom. The zero-order valence-electron chi connectivity index (χ0n) is 6.82. The molecule has 0 saturated heterocycles. The van der Waals surface area contributed by atoms with Crippen LogP contribution in [0, 0.1) is 5.41 Å². The molecule has 0 bridgehead atoms. The molecule has 4 heteroatoms. The fourth-order valence-corrected chi connectivity index (χ4v) is 1.40. The molecular formula is C9H8N2O2. The first kappa shape index (κ1) is 7.94. The van der Waals surface area contributed by atoms with Crippen molar-refractivity contribution in [3.8, 4) is 0 Å². The molecule has 0 aliphatic carbocycles. The highest BCUT2D eigenvalue weighted by Crippen LogP contribution is 2.21. The Morgan fingerprint density at radius 3 is 2.46 bits per heavy atom. The van der Waals surface area contributed by atoms with Gasteiger partial charge in [0.1, 0.15) is 12.6 Å². The fourth-order valence-electron chi connectivity index (χ4n) is 1.40. The molecule has 1 heterocycles. The smallest absolute Gasteiger partial charge is 0.262 e. The van der Waals surface area contributed by atoms with E-state index >= 15 is 0 Å². The summed E-state index contributed by atoms with van der Waals surface area (Å²) in [4.78, 5) is 12.5. The van der Waals surface area contributed by atoms with Gasteiger partial charge in [-0.15, -0.1) is 0 Å². The molecule has 0 saturated carbocycles. The summed E-state index contributed by atoms with van der Waals surface area (Å²) >= 11 is 0. The van der Waals surface area contributed by atoms with Crippen molar-refractivity contribution >= 4 is 11.7 Å². The molecule has 0 unspecified atom stereocenters. The van der Waals surface area contributed by atoms with E-state index in [4.69, 9.17) is 10.5 Å². The van der Waals surface area contributed by atoms with Crippen LogP contribution in [0.5, 0.6) is 0 Å². The Bertz CT molecular complexity index is 352. The second-order valence-corrected chi connectivity index (χ2v) is 2.77. The molecule has 1 aliphatic rings. The molecule has 2 N–H and O–H groups in total. The molecule has 0 radical (unpaired) electrons. The van der Waals surface area contributed by atoms with Crippen LogP contribution in [0.2, 0.25) is 0 Å². The third kappa shape index (κ3) is 0.957. The van der Waals surface area contributed by atoms with Crippen molar-refractivity contribution in [3.05, 3.63) is 35.4 Å². The number of aliphatic hydroxyl groups is 1. The van der Waals surface area contributed by atoms with Crippen molar-refractivity contribution < 1.29 is 9.90 Å². The number of nitrogens with zero attached hydrogens (tertiary/aromatic N) is 1. The molecule has 1 amide bonds. The van der Waals surface area contributed by atoms with Crippen LogP contribution in [-0.4, -0.2) is 28.5 Å². The van der Waals surface area contributed by atoms with Gasteiger partial charge >= 0.3 is 0 Å². The molecule has 0 aromatic heterocycles. The minimum atomic E-state index is -0.438. The van der Waals surface area contributed by atoms with Crippen molar-refractivity contribution in [2.24, 2.45) is 0 Å². The summed E-state index contributed by atoms with van der Waals surface area (Å²) in [5.74, 6) is -0.230. The lowest BCUT2D eigenvalue weighted by atomic mass is 10.1. The van der Waals surface area contributed by atoms with Gasteiger partial charge in [-0.25, -0.2) is 0 Å². The molecule has 0 spiro atoms. The van der Waals surface area contributed by atoms with E-state index in [-0.39, 0.29) is 11.7 Å². The highest BCUT2D eigenvalue weighted by molar-refractivity contribution is 6.22. The van der Waals surface area contributed by atoms with E-state index in [1.165, 1.54) is 0 Å². The number of hydrogen-bond donors (Lipinski definition) is 2. The van der Waals surface area contributed by atoms with Gasteiger partial charge in [-0.3, -0.25) is 15.1 Å². The van der Waals surface area contributed by atoms with Crippen LogP contribution < -0.4 is 0 Å². The van der Waals surface area contributed by atoms with E-state index < -0.39 is 6.73 Å². The number of hydrogen-bond acceptors (Lipinski definition) is 3. The van der Waals surface area contributed by atoms with Gasteiger partial charge in [-0.1, -0.05) is 18.2 Å². The predicted octanol–water partition coefficient (Wildman–Crippen LogP) is 0.418. The lowest BCUT2D eigenvalue weighted by Crippen LogP contribution is -2.30. The third-order valence-electron chi connectivity index (χ3n) is 2.07. The number of nitrogens with one attached hydrogen (secondary N) is 1. The van der Waals surface area contributed by atoms with Gasteiger partial charge in [0.2, 0.25) is 0 Å². The number of amides is 1. The normalized spacial score (nSPS) is 15.0. The van der Waals surface area contributed by atoms with Crippen molar-refractivity contribution in [2.75, 3.05) is 6.73 Å². The highest BCUT2D eigenvalue weighted by Gasteiger charge is 2.31. The molecule has 4 nitrogen and oxygen atoms in total. The molecule has 0 fully saturated rings. The molecular weight excluding hydrogens is 168 g/mol. The first-order chi connectivity index (χ1) is 6.25. The number of benzene rings is 1. The third-order valence-corrected chi connectivity index (χ3v) is 2.07. The van der Waals surface area contributed by atoms with Crippen molar-refractivity contribution in [1.82, 2.24) is 4.90 Å². The minimum Gasteiger partial charge on any atom is -0.376 e. The summed E-state index contributed by atoms with van der Waals surface area (Å²) in [5.41, 5.74) is 1.07. The second-order valence-electron chi connectivity index (χ2n) is 2.77. The maximum Gasteiger partial charge on any atom is 0.262 e. The Kier molecular flexibility index (Phi) is 1.63. The highest BCUT2D eigenvalue weighted by atomic mass is 16.3. The number of amidine groups is 1. The number of fused-ring (bicyclic) bond motifs is 1. The summed E-state index contributed by atoms with van der Waals surface area (Å²) in [6, 6.07) is 6.86. The molecule has 13 heavy (non-hydrogen) atoms. The van der Waals surface area contributed by atoms with Gasteiger partial charge in [0, 0.05) is 5.56 Å². The fraction of sp³-hybridized carbons (Fsp3) is 0.111. The first-order valence-electron chi connectivity index (χ1n) is 3.86. The monoisotopic (exact) mass is 176 g/mol. The summed E-state index contributed by atoms with van der Waals surface area (Å²) in [6.07, 6.45) is 0. The van der Waals surface area contributed by atoms with Crippen LogP contribution in [0.15, 0.2) is 24.3 Å². The average Bonchev–Trinajstić information content (AvgIpc) is 2.41. The molecule has 1 aliphatic heterocycles. The lowest BCUT2D eigenvalue weighted by molar-refractivity contribution is 0.0744. The Labute approximate surface area is 74.9 Å². The SMILES string of the molecule is N=C1c2ccccc2C(=O)N1CO. The lowest BCUT2D eigenvalue weighted by Gasteiger charge is -2.10. The van der Waals surface area contributed by atoms with Crippen LogP contribution in [0.4, 0.5) is 0 Å². The van der Waals surface area contributed by atoms with Crippen LogP contribution in [0.25, 0.3) is 0 Å². The van der Waals surface area contributed by atoms with Crippen LogP contribution in [0.3, 0.4) is 0 Å². The largest absolute Gasteiger partial charge is 0.376 e. The number of aliphatic hydroxyl groups excluding tert-OH is 1. The maximum absolute atomic E-state index is 11.5. The van der Waals surface area contributed by atoms with E-state index in [1.807, 2.05) is 0 Å². The number of carbonyl (C=O) groups is 1. The van der Waals surface area contributed by atoms with Gasteiger partial charge in [0.25, 0.3) is 5.91 Å². The van der Waals surface area contributed by atoms with E-state index in [0.29, 0.717) is 11.1 Å². The van der Waals surface area contributed by atoms with Gasteiger partial charge < -0.3 is 5.11 Å². The van der Waals surface area contributed by atoms with Crippen LogP contribution in [-0.2, 0) is 0 Å². The van der Waals surface area contributed by atoms with E-state index in [9.17, 15) is 4.79 Å². The van der Waals surface area contributed by atoms with E-state index in [1.54, 1.807) is 24.3 Å². The minimum absolute atomic E-state index is 0.0723. The standard InChI is InChI=1S/C9H8N2O2/c10-8-6-3-1-2-4-7(6)9(13)11(8)5-12/h1-4,10,12H,5H2. The van der Waals surface area contributed by atoms with Crippen LogP contribution in [0.1, 0.15) is 15.9 Å². The summed E-state index contributed by atoms with van der Waals surface area (Å²) in [6.45, 7) is -0.438. The van der Waals surface area contributed by atoms with Crippen molar-refractivity contribution in [1.29, 1.82) is 5.41 Å². The zero-order chi connectivity index (χ0) is 9.42. The van der Waals surface area contributed by atoms with Gasteiger partial charge in [0.15, 0.2) is 0 Å². The average molecular weight is 176 g/mol. The summed E-state index contributed by atoms with van der Waals surface area (Å²) in [7, 11) is 0. The summed E-state index contributed by atoms with van der Waals surface area (Å²) in [5, 5.41) is 16.4. The molecule has 1 aromatic carbocycles. The number of carbonyl (C=O) groups excluding carboxylic acids is 1. The van der Waals surface area contributed by atoms with E-state index in [2.05, 4.69) is 0 Å². The van der Waals surface area contributed by atoms with E-state index in [0.717, 1.165) is 4.90 Å². The van der Waals surface area contributed by atoms with Gasteiger partial charge in [-0.2, -0.15) is 0 Å². The molecule has 1 aromatic rings. The van der Waals surface area contributed by atoms with Crippen molar-refractivity contribution in [3.63, 3.8) is 0 Å².